The van der Waals surface area contributed by atoms with E-state index >= 15 is 0 Å². The van der Waals surface area contributed by atoms with Gasteiger partial charge in [0.05, 0.1) is 19.4 Å². The molecule has 0 aromatic carbocycles. The quantitative estimate of drug-likeness (QED) is 0.424. The first-order valence-electron chi connectivity index (χ1n) is 5.90. The van der Waals surface area contributed by atoms with Gasteiger partial charge in [-0.1, -0.05) is 0 Å². The monoisotopic (exact) mass is 239 g/mol. The van der Waals surface area contributed by atoms with E-state index in [-0.39, 0.29) is 0 Å². The number of hydrogen-bond donors (Lipinski definition) is 2. The van der Waals surface area contributed by atoms with Gasteiger partial charge in [0.15, 0.2) is 5.96 Å². The molecule has 0 spiro atoms. The lowest BCUT2D eigenvalue weighted by molar-refractivity contribution is 0.208. The van der Waals surface area contributed by atoms with Crippen molar-refractivity contribution in [1.82, 2.24) is 10.6 Å². The third-order valence-electron chi connectivity index (χ3n) is 2.15. The fraction of sp³-hybridized carbons (Fsp3) is 0.583. The first-order chi connectivity index (χ1) is 8.36. The van der Waals surface area contributed by atoms with E-state index in [1.165, 1.54) is 0 Å². The smallest absolute Gasteiger partial charge is 0.191 e. The number of aliphatic imine (C=N–C) groups is 1. The summed E-state index contributed by atoms with van der Waals surface area (Å²) in [6.07, 6.45) is 2.54. The van der Waals surface area contributed by atoms with Crippen molar-refractivity contribution in [3.05, 3.63) is 24.2 Å². The lowest BCUT2D eigenvalue weighted by atomic mass is 10.3. The van der Waals surface area contributed by atoms with Crippen LogP contribution in [0.25, 0.3) is 0 Å². The summed E-state index contributed by atoms with van der Waals surface area (Å²) in [5.74, 6) is 1.79. The molecule has 1 aromatic heterocycles. The number of hydrogen-bond acceptors (Lipinski definition) is 3. The molecule has 0 aliphatic carbocycles. The van der Waals surface area contributed by atoms with E-state index in [0.717, 1.165) is 31.2 Å². The first-order valence-corrected chi connectivity index (χ1v) is 5.90. The molecule has 2 N–H and O–H groups in total. The largest absolute Gasteiger partial charge is 0.469 e. The highest BCUT2D eigenvalue weighted by atomic mass is 16.5. The number of rotatable bonds is 7. The molecule has 0 atom stereocenters. The Labute approximate surface area is 102 Å². The van der Waals surface area contributed by atoms with Crippen molar-refractivity contribution in [2.24, 2.45) is 4.99 Å². The summed E-state index contributed by atoms with van der Waals surface area (Å²) in [6.45, 7) is 4.98. The van der Waals surface area contributed by atoms with Gasteiger partial charge in [-0.3, -0.25) is 4.99 Å². The van der Waals surface area contributed by atoms with Crippen molar-refractivity contribution in [2.45, 2.75) is 13.3 Å². The molecule has 17 heavy (non-hydrogen) atoms. The summed E-state index contributed by atoms with van der Waals surface area (Å²) >= 11 is 0. The van der Waals surface area contributed by atoms with Crippen LogP contribution in [0.1, 0.15) is 12.7 Å². The van der Waals surface area contributed by atoms with Gasteiger partial charge in [0.25, 0.3) is 0 Å². The Kier molecular flexibility index (Phi) is 6.90. The molecule has 0 fully saturated rings. The van der Waals surface area contributed by atoms with Crippen LogP contribution in [0.5, 0.6) is 0 Å². The highest BCUT2D eigenvalue weighted by Crippen LogP contribution is 1.99. The second kappa shape index (κ2) is 8.64. The van der Waals surface area contributed by atoms with Gasteiger partial charge in [-0.25, -0.2) is 0 Å². The minimum absolute atomic E-state index is 0.634. The maximum Gasteiger partial charge on any atom is 0.191 e. The molecule has 0 aliphatic rings. The van der Waals surface area contributed by atoms with Crippen molar-refractivity contribution >= 4 is 5.96 Å². The summed E-state index contributed by atoms with van der Waals surface area (Å²) in [6, 6.07) is 3.86. The van der Waals surface area contributed by atoms with Crippen molar-refractivity contribution in [3.8, 4) is 0 Å². The Morgan fingerprint density at radius 3 is 3.00 bits per heavy atom. The molecule has 1 rings (SSSR count). The summed E-state index contributed by atoms with van der Waals surface area (Å²) in [5.41, 5.74) is 0. The zero-order valence-corrected chi connectivity index (χ0v) is 10.5. The van der Waals surface area contributed by atoms with Gasteiger partial charge in [0.1, 0.15) is 5.76 Å². The van der Waals surface area contributed by atoms with E-state index in [9.17, 15) is 0 Å². The van der Waals surface area contributed by atoms with Crippen LogP contribution < -0.4 is 10.6 Å². The van der Waals surface area contributed by atoms with E-state index in [2.05, 4.69) is 15.6 Å². The number of furan rings is 1. The second-order valence-electron chi connectivity index (χ2n) is 3.51. The van der Waals surface area contributed by atoms with Crippen LogP contribution in [0.15, 0.2) is 27.8 Å². The van der Waals surface area contributed by atoms with Crippen molar-refractivity contribution < 1.29 is 9.15 Å². The fourth-order valence-electron chi connectivity index (χ4n) is 1.35. The Hall–Kier alpha value is -1.49. The molecule has 0 saturated heterocycles. The van der Waals surface area contributed by atoms with Crippen LogP contribution in [0.4, 0.5) is 0 Å². The molecule has 5 heteroatoms. The van der Waals surface area contributed by atoms with Gasteiger partial charge in [-0.15, -0.1) is 0 Å². The van der Waals surface area contributed by atoms with E-state index in [1.807, 2.05) is 19.1 Å². The maximum absolute atomic E-state index is 5.25. The predicted molar refractivity (Wildman–Crippen MR) is 68.3 cm³/mol. The van der Waals surface area contributed by atoms with E-state index in [1.54, 1.807) is 13.4 Å². The lowest BCUT2D eigenvalue weighted by Gasteiger charge is -2.10. The molecule has 0 unspecified atom stereocenters. The van der Waals surface area contributed by atoms with E-state index < -0.39 is 0 Å². The lowest BCUT2D eigenvalue weighted by Crippen LogP contribution is -2.38. The van der Waals surface area contributed by atoms with Gasteiger partial charge < -0.3 is 19.8 Å². The average Bonchev–Trinajstić information content (AvgIpc) is 2.82. The van der Waals surface area contributed by atoms with Crippen molar-refractivity contribution in [2.75, 3.05) is 33.4 Å². The third-order valence-corrected chi connectivity index (χ3v) is 2.15. The topological polar surface area (TPSA) is 58.8 Å². The van der Waals surface area contributed by atoms with Crippen LogP contribution in [0, 0.1) is 0 Å². The fourth-order valence-corrected chi connectivity index (χ4v) is 1.35. The summed E-state index contributed by atoms with van der Waals surface area (Å²) in [7, 11) is 1.67. The number of nitrogens with one attached hydrogen (secondary N) is 2. The van der Waals surface area contributed by atoms with Crippen LogP contribution in [-0.4, -0.2) is 39.3 Å². The summed E-state index contributed by atoms with van der Waals surface area (Å²) < 4.78 is 10.2. The third kappa shape index (κ3) is 5.97. The van der Waals surface area contributed by atoms with E-state index in [4.69, 9.17) is 9.15 Å². The molecule has 1 heterocycles. The summed E-state index contributed by atoms with van der Waals surface area (Å²) in [4.78, 5) is 4.36. The van der Waals surface area contributed by atoms with Gasteiger partial charge in [0.2, 0.25) is 0 Å². The number of methoxy groups -OCH3 is 1. The number of nitrogens with zero attached hydrogens (tertiary/aromatic N) is 1. The summed E-state index contributed by atoms with van der Waals surface area (Å²) in [5, 5.41) is 6.42. The zero-order valence-electron chi connectivity index (χ0n) is 10.5. The Morgan fingerprint density at radius 1 is 1.47 bits per heavy atom. The SMILES string of the molecule is CCNC(=NCCOC)NCCc1ccco1. The molecule has 0 bridgehead atoms. The van der Waals surface area contributed by atoms with Crippen LogP contribution in [0.2, 0.25) is 0 Å². The Balaban J connectivity index is 2.25. The molecule has 0 radical (unpaired) electrons. The van der Waals surface area contributed by atoms with Crippen molar-refractivity contribution in [3.63, 3.8) is 0 Å². The molecule has 0 aliphatic heterocycles. The van der Waals surface area contributed by atoms with Crippen molar-refractivity contribution in [1.29, 1.82) is 0 Å². The van der Waals surface area contributed by atoms with Gasteiger partial charge in [-0.2, -0.15) is 0 Å². The minimum atomic E-state index is 0.634. The average molecular weight is 239 g/mol. The standard InChI is InChI=1S/C12H21N3O2/c1-3-13-12(15-8-10-16-2)14-7-6-11-5-4-9-17-11/h4-5,9H,3,6-8,10H2,1-2H3,(H2,13,14,15). The second-order valence-corrected chi connectivity index (χ2v) is 3.51. The predicted octanol–water partition coefficient (Wildman–Crippen LogP) is 1.02. The first kappa shape index (κ1) is 13.6. The minimum Gasteiger partial charge on any atom is -0.469 e. The Morgan fingerprint density at radius 2 is 2.35 bits per heavy atom. The molecule has 0 amide bonds. The van der Waals surface area contributed by atoms with Gasteiger partial charge in [0, 0.05) is 26.6 Å². The normalized spacial score (nSPS) is 11.5. The molecule has 1 aromatic rings. The van der Waals surface area contributed by atoms with Crippen LogP contribution in [-0.2, 0) is 11.2 Å². The molecule has 0 saturated carbocycles. The zero-order chi connectivity index (χ0) is 12.3. The van der Waals surface area contributed by atoms with Gasteiger partial charge >= 0.3 is 0 Å². The van der Waals surface area contributed by atoms with Crippen LogP contribution in [0.3, 0.4) is 0 Å². The molecular weight excluding hydrogens is 218 g/mol. The Bertz CT molecular complexity index is 310. The number of ether oxygens (including phenoxy) is 1. The maximum atomic E-state index is 5.25. The van der Waals surface area contributed by atoms with Gasteiger partial charge in [-0.05, 0) is 19.1 Å². The molecular formula is C12H21N3O2. The van der Waals surface area contributed by atoms with E-state index in [0.29, 0.717) is 13.2 Å². The van der Waals surface area contributed by atoms with Crippen LogP contribution >= 0.6 is 0 Å². The highest BCUT2D eigenvalue weighted by Gasteiger charge is 1.98. The number of guanidine groups is 1. The molecule has 5 nitrogen and oxygen atoms in total. The highest BCUT2D eigenvalue weighted by molar-refractivity contribution is 5.79. The molecule has 96 valence electrons.